The zero-order chi connectivity index (χ0) is 12.8. The largest absolute Gasteiger partial charge is 0.328 e. The molecular weight excluding hydrogens is 220 g/mol. The van der Waals surface area contributed by atoms with E-state index in [0.29, 0.717) is 6.54 Å². The van der Waals surface area contributed by atoms with Crippen molar-refractivity contribution in [1.29, 1.82) is 0 Å². The van der Waals surface area contributed by atoms with E-state index in [4.69, 9.17) is 6.42 Å². The van der Waals surface area contributed by atoms with Crippen LogP contribution in [0, 0.1) is 22.5 Å². The molecule has 0 saturated carbocycles. The molecule has 0 aliphatic rings. The Labute approximate surface area is 99.2 Å². The summed E-state index contributed by atoms with van der Waals surface area (Å²) in [4.78, 5) is 23.6. The van der Waals surface area contributed by atoms with Crippen molar-refractivity contribution in [1.82, 2.24) is 4.90 Å². The molecule has 88 valence electrons. The van der Waals surface area contributed by atoms with Crippen molar-refractivity contribution < 1.29 is 9.72 Å². The number of terminal acetylenes is 1. The fourth-order valence-corrected chi connectivity index (χ4v) is 1.42. The van der Waals surface area contributed by atoms with Crippen LogP contribution in [0.2, 0.25) is 0 Å². The van der Waals surface area contributed by atoms with Crippen LogP contribution in [-0.4, -0.2) is 28.8 Å². The van der Waals surface area contributed by atoms with Gasteiger partial charge in [-0.15, -0.1) is 6.42 Å². The van der Waals surface area contributed by atoms with Gasteiger partial charge in [0.2, 0.25) is 0 Å². The number of amides is 1. The van der Waals surface area contributed by atoms with E-state index in [9.17, 15) is 14.9 Å². The van der Waals surface area contributed by atoms with Gasteiger partial charge >= 0.3 is 0 Å². The molecule has 5 heteroatoms. The Morgan fingerprint density at radius 2 is 2.18 bits per heavy atom. The van der Waals surface area contributed by atoms with Gasteiger partial charge in [0.05, 0.1) is 11.5 Å². The fraction of sp³-hybridized carbons (Fsp3) is 0.250. The highest BCUT2D eigenvalue weighted by Crippen LogP contribution is 2.19. The summed E-state index contributed by atoms with van der Waals surface area (Å²) >= 11 is 0. The van der Waals surface area contributed by atoms with Gasteiger partial charge in [-0.3, -0.25) is 14.9 Å². The lowest BCUT2D eigenvalue weighted by atomic mass is 10.1. The van der Waals surface area contributed by atoms with Gasteiger partial charge in [-0.2, -0.15) is 0 Å². The maximum atomic E-state index is 12.0. The molecule has 1 rings (SSSR count). The van der Waals surface area contributed by atoms with Gasteiger partial charge in [-0.1, -0.05) is 18.1 Å². The normalized spacial score (nSPS) is 9.41. The van der Waals surface area contributed by atoms with Crippen LogP contribution in [0.15, 0.2) is 24.3 Å². The summed E-state index contributed by atoms with van der Waals surface area (Å²) in [6.45, 7) is 2.32. The molecule has 0 bridgehead atoms. The van der Waals surface area contributed by atoms with Crippen molar-refractivity contribution in [2.24, 2.45) is 0 Å². The molecule has 1 amide bonds. The Balaban J connectivity index is 3.12. The van der Waals surface area contributed by atoms with E-state index < -0.39 is 10.8 Å². The van der Waals surface area contributed by atoms with Crippen LogP contribution < -0.4 is 0 Å². The molecule has 0 aromatic heterocycles. The lowest BCUT2D eigenvalue weighted by molar-refractivity contribution is -0.385. The first kappa shape index (κ1) is 12.7. The molecule has 0 spiro atoms. The predicted octanol–water partition coefficient (Wildman–Crippen LogP) is 1.69. The zero-order valence-electron chi connectivity index (χ0n) is 9.42. The molecule has 0 unspecified atom stereocenters. The second-order valence-electron chi connectivity index (χ2n) is 3.30. The van der Waals surface area contributed by atoms with Gasteiger partial charge in [0.1, 0.15) is 5.56 Å². The Bertz CT molecular complexity index is 477. The number of carbonyl (C=O) groups excluding carboxylic acids is 1. The molecule has 0 atom stereocenters. The number of benzene rings is 1. The number of para-hydroxylation sites is 1. The summed E-state index contributed by atoms with van der Waals surface area (Å²) in [6.07, 6.45) is 5.14. The SMILES string of the molecule is C#CCN(CC)C(=O)c1ccccc1[N+](=O)[O-]. The number of hydrogen-bond acceptors (Lipinski definition) is 3. The van der Waals surface area contributed by atoms with Gasteiger partial charge in [-0.05, 0) is 13.0 Å². The van der Waals surface area contributed by atoms with Crippen LogP contribution in [0.1, 0.15) is 17.3 Å². The first-order chi connectivity index (χ1) is 8.11. The number of nitro benzene ring substituents is 1. The molecule has 17 heavy (non-hydrogen) atoms. The highest BCUT2D eigenvalue weighted by Gasteiger charge is 2.22. The van der Waals surface area contributed by atoms with E-state index in [1.165, 1.54) is 23.1 Å². The highest BCUT2D eigenvalue weighted by atomic mass is 16.6. The lowest BCUT2D eigenvalue weighted by Gasteiger charge is -2.17. The third-order valence-corrected chi connectivity index (χ3v) is 2.28. The molecule has 0 aliphatic heterocycles. The average molecular weight is 232 g/mol. The number of hydrogen-bond donors (Lipinski definition) is 0. The zero-order valence-corrected chi connectivity index (χ0v) is 9.42. The molecule has 0 saturated heterocycles. The highest BCUT2D eigenvalue weighted by molar-refractivity contribution is 5.98. The standard InChI is InChI=1S/C12H12N2O3/c1-3-9-13(4-2)12(15)10-7-5-6-8-11(10)14(16)17/h1,5-8H,4,9H2,2H3. The van der Waals surface area contributed by atoms with E-state index in [1.807, 2.05) is 0 Å². The molecule has 1 aromatic carbocycles. The minimum Gasteiger partial charge on any atom is -0.328 e. The van der Waals surface area contributed by atoms with Crippen molar-refractivity contribution in [3.63, 3.8) is 0 Å². The van der Waals surface area contributed by atoms with Gasteiger partial charge < -0.3 is 4.90 Å². The third kappa shape index (κ3) is 2.82. The predicted molar refractivity (Wildman–Crippen MR) is 63.5 cm³/mol. The maximum Gasteiger partial charge on any atom is 0.282 e. The molecule has 0 fully saturated rings. The number of nitro groups is 1. The smallest absolute Gasteiger partial charge is 0.282 e. The van der Waals surface area contributed by atoms with Crippen molar-refractivity contribution in [2.45, 2.75) is 6.92 Å². The van der Waals surface area contributed by atoms with Crippen LogP contribution in [0.25, 0.3) is 0 Å². The monoisotopic (exact) mass is 232 g/mol. The molecule has 0 aliphatic carbocycles. The average Bonchev–Trinajstić information content (AvgIpc) is 2.35. The van der Waals surface area contributed by atoms with Crippen molar-refractivity contribution in [2.75, 3.05) is 13.1 Å². The van der Waals surface area contributed by atoms with Crippen molar-refractivity contribution >= 4 is 11.6 Å². The Morgan fingerprint density at radius 3 is 2.71 bits per heavy atom. The first-order valence-corrected chi connectivity index (χ1v) is 5.08. The van der Waals surface area contributed by atoms with E-state index in [0.717, 1.165) is 0 Å². The summed E-state index contributed by atoms with van der Waals surface area (Å²) in [7, 11) is 0. The van der Waals surface area contributed by atoms with Crippen LogP contribution in [0.5, 0.6) is 0 Å². The summed E-state index contributed by atoms with van der Waals surface area (Å²) in [6, 6.07) is 5.84. The summed E-state index contributed by atoms with van der Waals surface area (Å²) in [5.41, 5.74) is -0.137. The number of nitrogens with zero attached hydrogens (tertiary/aromatic N) is 2. The minimum absolute atomic E-state index is 0.0644. The summed E-state index contributed by atoms with van der Waals surface area (Å²) in [5, 5.41) is 10.8. The Hall–Kier alpha value is -2.35. The molecule has 5 nitrogen and oxygen atoms in total. The summed E-state index contributed by atoms with van der Waals surface area (Å²) in [5.74, 6) is 1.93. The van der Waals surface area contributed by atoms with Gasteiger partial charge in [0.25, 0.3) is 11.6 Å². The fourth-order valence-electron chi connectivity index (χ4n) is 1.42. The number of rotatable bonds is 4. The quantitative estimate of drug-likeness (QED) is 0.451. The van der Waals surface area contributed by atoms with Crippen molar-refractivity contribution in [3.05, 3.63) is 39.9 Å². The van der Waals surface area contributed by atoms with Gasteiger partial charge in [0.15, 0.2) is 0 Å². The Kier molecular flexibility index (Phi) is 4.23. The molecule has 0 heterocycles. The lowest BCUT2D eigenvalue weighted by Crippen LogP contribution is -2.31. The second-order valence-corrected chi connectivity index (χ2v) is 3.30. The topological polar surface area (TPSA) is 63.5 Å². The van der Waals surface area contributed by atoms with Crippen LogP contribution in [-0.2, 0) is 0 Å². The van der Waals surface area contributed by atoms with Crippen LogP contribution >= 0.6 is 0 Å². The van der Waals surface area contributed by atoms with E-state index >= 15 is 0 Å². The molecule has 0 N–H and O–H groups in total. The van der Waals surface area contributed by atoms with Crippen LogP contribution in [0.4, 0.5) is 5.69 Å². The van der Waals surface area contributed by atoms with Gasteiger partial charge in [-0.25, -0.2) is 0 Å². The van der Waals surface area contributed by atoms with E-state index in [1.54, 1.807) is 13.0 Å². The maximum absolute atomic E-state index is 12.0. The van der Waals surface area contributed by atoms with E-state index in [-0.39, 0.29) is 17.8 Å². The second kappa shape index (κ2) is 5.66. The third-order valence-electron chi connectivity index (χ3n) is 2.28. The first-order valence-electron chi connectivity index (χ1n) is 5.08. The summed E-state index contributed by atoms with van der Waals surface area (Å²) < 4.78 is 0. The minimum atomic E-state index is -0.572. The van der Waals surface area contributed by atoms with E-state index in [2.05, 4.69) is 5.92 Å². The molecule has 0 radical (unpaired) electrons. The Morgan fingerprint density at radius 1 is 1.53 bits per heavy atom. The van der Waals surface area contributed by atoms with Gasteiger partial charge in [0, 0.05) is 12.6 Å². The molecule has 1 aromatic rings. The number of carbonyl (C=O) groups is 1. The molecular formula is C12H12N2O3. The van der Waals surface area contributed by atoms with Crippen LogP contribution in [0.3, 0.4) is 0 Å². The van der Waals surface area contributed by atoms with Crippen molar-refractivity contribution in [3.8, 4) is 12.3 Å².